The van der Waals surface area contributed by atoms with Crippen LogP contribution in [0.15, 0.2) is 48.7 Å². The molecule has 0 spiro atoms. The lowest BCUT2D eigenvalue weighted by Gasteiger charge is -2.00. The van der Waals surface area contributed by atoms with Crippen molar-refractivity contribution >= 4 is 17.9 Å². The van der Waals surface area contributed by atoms with Gasteiger partial charge in [-0.3, -0.25) is 4.79 Å². The van der Waals surface area contributed by atoms with Gasteiger partial charge in [0.05, 0.1) is 7.11 Å². The van der Waals surface area contributed by atoms with E-state index in [0.717, 1.165) is 17.0 Å². The molecule has 1 aromatic heterocycles. The largest absolute Gasteiger partial charge is 0.497 e. The van der Waals surface area contributed by atoms with Crippen molar-refractivity contribution in [2.45, 2.75) is 13.5 Å². The molecule has 0 saturated carbocycles. The summed E-state index contributed by atoms with van der Waals surface area (Å²) in [4.78, 5) is 11.3. The number of ketones is 1. The average Bonchev–Trinajstić information content (AvgIpc) is 2.46. The number of nitrogens with zero attached hydrogens (tertiary/aromatic N) is 1. The van der Waals surface area contributed by atoms with Crippen LogP contribution in [0.4, 0.5) is 0 Å². The zero-order valence-corrected chi connectivity index (χ0v) is 11.7. The molecule has 0 atom stereocenters. The molecule has 102 valence electrons. The van der Waals surface area contributed by atoms with Crippen molar-refractivity contribution in [3.05, 3.63) is 59.9 Å². The number of Topliss-reactive ketones (excluding diaryl/α,β-unsaturated/α-hetero) is 1. The second-order valence-corrected chi connectivity index (χ2v) is 4.56. The van der Waals surface area contributed by atoms with Gasteiger partial charge in [-0.05, 0) is 29.8 Å². The van der Waals surface area contributed by atoms with Gasteiger partial charge in [0, 0.05) is 25.1 Å². The third-order valence-corrected chi connectivity index (χ3v) is 2.93. The minimum Gasteiger partial charge on any atom is -0.497 e. The highest BCUT2D eigenvalue weighted by Gasteiger charge is 2.08. The van der Waals surface area contributed by atoms with Crippen molar-refractivity contribution in [1.29, 1.82) is 0 Å². The van der Waals surface area contributed by atoms with Crippen molar-refractivity contribution in [2.75, 3.05) is 7.11 Å². The maximum Gasteiger partial charge on any atom is 0.206 e. The molecular formula is C17H18NO2+. The molecule has 0 fully saturated rings. The summed E-state index contributed by atoms with van der Waals surface area (Å²) in [5.74, 6) is 0.980. The van der Waals surface area contributed by atoms with E-state index in [1.807, 2.05) is 65.4 Å². The van der Waals surface area contributed by atoms with E-state index in [1.165, 1.54) is 0 Å². The summed E-state index contributed by atoms with van der Waals surface area (Å²) in [6, 6.07) is 13.7. The minimum atomic E-state index is 0.139. The lowest BCUT2D eigenvalue weighted by atomic mass is 10.2. The molecule has 0 aliphatic rings. The second-order valence-electron chi connectivity index (χ2n) is 4.56. The SMILES string of the molecule is COc1ccc(/C=C/c2cccc[n+]2CC(C)=O)cc1. The number of aromatic nitrogens is 1. The van der Waals surface area contributed by atoms with Crippen LogP contribution in [0.25, 0.3) is 12.2 Å². The summed E-state index contributed by atoms with van der Waals surface area (Å²) in [6.07, 6.45) is 5.94. The topological polar surface area (TPSA) is 30.2 Å². The molecular weight excluding hydrogens is 250 g/mol. The highest BCUT2D eigenvalue weighted by atomic mass is 16.5. The maximum absolute atomic E-state index is 11.3. The first kappa shape index (κ1) is 14.0. The Balaban J connectivity index is 2.19. The van der Waals surface area contributed by atoms with E-state index in [-0.39, 0.29) is 5.78 Å². The van der Waals surface area contributed by atoms with Crippen LogP contribution >= 0.6 is 0 Å². The van der Waals surface area contributed by atoms with Crippen LogP contribution in [0.2, 0.25) is 0 Å². The maximum atomic E-state index is 11.3. The highest BCUT2D eigenvalue weighted by Crippen LogP contribution is 2.13. The Hall–Kier alpha value is -2.42. The van der Waals surface area contributed by atoms with Gasteiger partial charge in [0.2, 0.25) is 12.2 Å². The van der Waals surface area contributed by atoms with Crippen LogP contribution in [-0.4, -0.2) is 12.9 Å². The van der Waals surface area contributed by atoms with Crippen LogP contribution in [0.5, 0.6) is 5.75 Å². The van der Waals surface area contributed by atoms with Gasteiger partial charge >= 0.3 is 0 Å². The van der Waals surface area contributed by atoms with Gasteiger partial charge in [0.25, 0.3) is 0 Å². The zero-order valence-electron chi connectivity index (χ0n) is 11.7. The van der Waals surface area contributed by atoms with E-state index in [1.54, 1.807) is 14.0 Å². The number of carbonyl (C=O) groups is 1. The number of hydrogen-bond donors (Lipinski definition) is 0. The van der Waals surface area contributed by atoms with Crippen molar-refractivity contribution in [2.24, 2.45) is 0 Å². The molecule has 1 heterocycles. The number of ether oxygens (including phenoxy) is 1. The smallest absolute Gasteiger partial charge is 0.206 e. The number of hydrogen-bond acceptors (Lipinski definition) is 2. The predicted molar refractivity (Wildman–Crippen MR) is 79.2 cm³/mol. The number of carbonyl (C=O) groups excluding carboxylic acids is 1. The quantitative estimate of drug-likeness (QED) is 0.781. The normalized spacial score (nSPS) is 10.7. The van der Waals surface area contributed by atoms with E-state index in [2.05, 4.69) is 0 Å². The first-order valence-electron chi connectivity index (χ1n) is 6.49. The van der Waals surface area contributed by atoms with Gasteiger partial charge < -0.3 is 4.74 Å². The van der Waals surface area contributed by atoms with Gasteiger partial charge in [-0.15, -0.1) is 0 Å². The fourth-order valence-electron chi connectivity index (χ4n) is 1.92. The molecule has 0 unspecified atom stereocenters. The zero-order chi connectivity index (χ0) is 14.4. The van der Waals surface area contributed by atoms with Crippen molar-refractivity contribution < 1.29 is 14.1 Å². The predicted octanol–water partition coefficient (Wildman–Crippen LogP) is 2.74. The fraction of sp³-hybridized carbons (Fsp3) is 0.176. The summed E-state index contributed by atoms with van der Waals surface area (Å²) in [7, 11) is 1.65. The summed E-state index contributed by atoms with van der Waals surface area (Å²) in [5, 5.41) is 0. The van der Waals surface area contributed by atoms with E-state index in [0.29, 0.717) is 6.54 Å². The first-order chi connectivity index (χ1) is 9.69. The Kier molecular flexibility index (Phi) is 4.66. The third-order valence-electron chi connectivity index (χ3n) is 2.93. The van der Waals surface area contributed by atoms with Crippen molar-refractivity contribution in [1.82, 2.24) is 0 Å². The first-order valence-corrected chi connectivity index (χ1v) is 6.49. The lowest BCUT2D eigenvalue weighted by Crippen LogP contribution is -2.39. The molecule has 0 amide bonds. The number of pyridine rings is 1. The molecule has 2 rings (SSSR count). The van der Waals surface area contributed by atoms with Crippen LogP contribution in [-0.2, 0) is 11.3 Å². The van der Waals surface area contributed by atoms with Crippen LogP contribution in [0, 0.1) is 0 Å². The van der Waals surface area contributed by atoms with Gasteiger partial charge in [-0.2, -0.15) is 4.57 Å². The standard InChI is InChI=1S/C17H18NO2/c1-14(19)13-18-12-4-3-5-16(18)9-6-15-7-10-17(20-2)11-8-15/h3-12H,13H2,1-2H3/q+1/b9-6+. The molecule has 20 heavy (non-hydrogen) atoms. The molecule has 0 bridgehead atoms. The summed E-state index contributed by atoms with van der Waals surface area (Å²) in [5.41, 5.74) is 2.09. The Morgan fingerprint density at radius 1 is 1.15 bits per heavy atom. The minimum absolute atomic E-state index is 0.139. The van der Waals surface area contributed by atoms with E-state index in [4.69, 9.17) is 4.74 Å². The monoisotopic (exact) mass is 268 g/mol. The van der Waals surface area contributed by atoms with E-state index in [9.17, 15) is 4.79 Å². The third kappa shape index (κ3) is 3.79. The number of rotatable bonds is 5. The van der Waals surface area contributed by atoms with Gasteiger partial charge in [0.1, 0.15) is 5.75 Å². The Bertz CT molecular complexity index is 615. The fourth-order valence-corrected chi connectivity index (χ4v) is 1.92. The number of benzene rings is 1. The second kappa shape index (κ2) is 6.66. The average molecular weight is 268 g/mol. The highest BCUT2D eigenvalue weighted by molar-refractivity contribution is 5.74. The Labute approximate surface area is 119 Å². The van der Waals surface area contributed by atoms with Crippen LogP contribution < -0.4 is 9.30 Å². The molecule has 2 aromatic rings. The molecule has 0 N–H and O–H groups in total. The molecule has 0 aliphatic carbocycles. The van der Waals surface area contributed by atoms with Crippen molar-refractivity contribution in [3.8, 4) is 5.75 Å². The number of methoxy groups -OCH3 is 1. The summed E-state index contributed by atoms with van der Waals surface area (Å²) < 4.78 is 7.06. The molecule has 0 saturated heterocycles. The molecule has 0 radical (unpaired) electrons. The Morgan fingerprint density at radius 2 is 1.90 bits per heavy atom. The van der Waals surface area contributed by atoms with Crippen molar-refractivity contribution in [3.63, 3.8) is 0 Å². The Morgan fingerprint density at radius 3 is 2.55 bits per heavy atom. The molecule has 3 nitrogen and oxygen atoms in total. The van der Waals surface area contributed by atoms with Gasteiger partial charge in [-0.25, -0.2) is 0 Å². The van der Waals surface area contributed by atoms with Crippen LogP contribution in [0.1, 0.15) is 18.2 Å². The van der Waals surface area contributed by atoms with Crippen LogP contribution in [0.3, 0.4) is 0 Å². The van der Waals surface area contributed by atoms with Gasteiger partial charge in [0.15, 0.2) is 12.0 Å². The molecule has 3 heteroatoms. The lowest BCUT2D eigenvalue weighted by molar-refractivity contribution is -0.685. The van der Waals surface area contributed by atoms with E-state index < -0.39 is 0 Å². The summed E-state index contributed by atoms with van der Waals surface area (Å²) in [6.45, 7) is 1.99. The van der Waals surface area contributed by atoms with Gasteiger partial charge in [-0.1, -0.05) is 12.1 Å². The molecule has 0 aliphatic heterocycles. The molecule has 1 aromatic carbocycles. The van der Waals surface area contributed by atoms with E-state index >= 15 is 0 Å². The summed E-state index contributed by atoms with van der Waals surface area (Å²) >= 11 is 0.